The Morgan fingerprint density at radius 3 is 2.83 bits per heavy atom. The van der Waals surface area contributed by atoms with E-state index < -0.39 is 0 Å². The first-order valence-electron chi connectivity index (χ1n) is 9.91. The minimum absolute atomic E-state index is 0.0114. The van der Waals surface area contributed by atoms with E-state index in [4.69, 9.17) is 9.47 Å². The molecule has 0 saturated carbocycles. The van der Waals surface area contributed by atoms with Crippen LogP contribution in [0.5, 0.6) is 11.5 Å². The summed E-state index contributed by atoms with van der Waals surface area (Å²) >= 11 is 1.33. The first kappa shape index (κ1) is 20.3. The van der Waals surface area contributed by atoms with Crippen molar-refractivity contribution in [3.8, 4) is 11.5 Å². The molecule has 2 N–H and O–H groups in total. The number of benzene rings is 2. The molecule has 1 aliphatic rings. The Hall–Kier alpha value is -3.00. The molecule has 0 aliphatic carbocycles. The average Bonchev–Trinajstić information content (AvgIpc) is 3.20. The summed E-state index contributed by atoms with van der Waals surface area (Å²) in [4.78, 5) is 21.4. The van der Waals surface area contributed by atoms with Crippen LogP contribution in [0.4, 0.5) is 11.5 Å². The Morgan fingerprint density at radius 2 is 1.97 bits per heavy atom. The molecule has 0 saturated heterocycles. The number of para-hydroxylation sites is 1. The molecule has 1 aromatic heterocycles. The van der Waals surface area contributed by atoms with Crippen LogP contribution in [-0.4, -0.2) is 35.0 Å². The first-order valence-corrected chi connectivity index (χ1v) is 10.9. The van der Waals surface area contributed by atoms with Crippen molar-refractivity contribution in [2.75, 3.05) is 24.4 Å². The van der Waals surface area contributed by atoms with Gasteiger partial charge in [-0.3, -0.25) is 4.79 Å². The number of carbonyl (C=O) groups excluding carboxylic acids is 1. The van der Waals surface area contributed by atoms with Crippen LogP contribution >= 0.6 is 11.8 Å². The van der Waals surface area contributed by atoms with E-state index in [1.807, 2.05) is 42.5 Å². The Kier molecular flexibility index (Phi) is 6.23. The number of nitrogens with one attached hydrogen (secondary N) is 2. The van der Waals surface area contributed by atoms with Crippen LogP contribution in [0.3, 0.4) is 0 Å². The quantitative estimate of drug-likeness (QED) is 0.410. The van der Waals surface area contributed by atoms with Crippen molar-refractivity contribution >= 4 is 40.1 Å². The largest absolute Gasteiger partial charge is 0.454 e. The molecule has 4 rings (SSSR count). The topological polar surface area (TPSA) is 85.4 Å². The molecule has 1 amide bonds. The van der Waals surface area contributed by atoms with Gasteiger partial charge >= 0.3 is 0 Å². The fourth-order valence-electron chi connectivity index (χ4n) is 3.01. The maximum atomic E-state index is 12.1. The molecule has 156 valence electrons. The van der Waals surface area contributed by atoms with Crippen molar-refractivity contribution in [1.29, 1.82) is 0 Å². The van der Waals surface area contributed by atoms with Gasteiger partial charge in [0, 0.05) is 23.7 Å². The third kappa shape index (κ3) is 4.94. The van der Waals surface area contributed by atoms with Gasteiger partial charge in [-0.2, -0.15) is 0 Å². The highest BCUT2D eigenvalue weighted by Gasteiger charge is 2.15. The third-order valence-corrected chi connectivity index (χ3v) is 5.44. The molecule has 0 bridgehead atoms. The summed E-state index contributed by atoms with van der Waals surface area (Å²) in [5.41, 5.74) is 1.66. The SMILES string of the molecule is CC(C)CCNC(=O)CSc1nc(Nc2ccc3c(c2)OCO3)c2ccccc2n1. The van der Waals surface area contributed by atoms with Crippen LogP contribution in [0.2, 0.25) is 0 Å². The van der Waals surface area contributed by atoms with Crippen molar-refractivity contribution in [3.63, 3.8) is 0 Å². The number of hydrogen-bond acceptors (Lipinski definition) is 7. The number of thioether (sulfide) groups is 1. The molecule has 0 radical (unpaired) electrons. The van der Waals surface area contributed by atoms with Crippen LogP contribution in [0, 0.1) is 5.92 Å². The maximum absolute atomic E-state index is 12.1. The van der Waals surface area contributed by atoms with E-state index in [-0.39, 0.29) is 18.5 Å². The monoisotopic (exact) mass is 424 g/mol. The van der Waals surface area contributed by atoms with E-state index in [0.717, 1.165) is 28.8 Å². The summed E-state index contributed by atoms with van der Waals surface area (Å²) in [5.74, 6) is 2.94. The normalized spacial score (nSPS) is 12.4. The van der Waals surface area contributed by atoms with Crippen molar-refractivity contribution in [2.45, 2.75) is 25.4 Å². The molecular formula is C22H24N4O3S. The number of fused-ring (bicyclic) bond motifs is 2. The van der Waals surface area contributed by atoms with E-state index in [0.29, 0.717) is 29.2 Å². The van der Waals surface area contributed by atoms with E-state index >= 15 is 0 Å². The zero-order valence-electron chi connectivity index (χ0n) is 17.0. The van der Waals surface area contributed by atoms with Crippen LogP contribution in [0.25, 0.3) is 10.9 Å². The number of amides is 1. The van der Waals surface area contributed by atoms with Gasteiger partial charge in [-0.05, 0) is 36.6 Å². The van der Waals surface area contributed by atoms with Gasteiger partial charge in [0.15, 0.2) is 16.7 Å². The summed E-state index contributed by atoms with van der Waals surface area (Å²) in [6.45, 7) is 5.19. The summed E-state index contributed by atoms with van der Waals surface area (Å²) < 4.78 is 10.8. The Morgan fingerprint density at radius 1 is 1.13 bits per heavy atom. The number of rotatable bonds is 8. The molecule has 0 spiro atoms. The van der Waals surface area contributed by atoms with Gasteiger partial charge in [0.05, 0.1) is 11.3 Å². The van der Waals surface area contributed by atoms with Gasteiger partial charge in [0.1, 0.15) is 5.82 Å². The molecule has 0 fully saturated rings. The second-order valence-electron chi connectivity index (χ2n) is 7.39. The standard InChI is InChI=1S/C22H24N4O3S/c1-14(2)9-10-23-20(27)12-30-22-25-17-6-4-3-5-16(17)21(26-22)24-15-7-8-18-19(11-15)29-13-28-18/h3-8,11,14H,9-10,12-13H2,1-2H3,(H,23,27)(H,24,25,26). The fraction of sp³-hybridized carbons (Fsp3) is 0.318. The molecule has 3 aromatic rings. The molecule has 2 aromatic carbocycles. The summed E-state index contributed by atoms with van der Waals surface area (Å²) in [5, 5.41) is 7.75. The lowest BCUT2D eigenvalue weighted by Crippen LogP contribution is -2.27. The van der Waals surface area contributed by atoms with Crippen LogP contribution in [0.1, 0.15) is 20.3 Å². The van der Waals surface area contributed by atoms with E-state index in [1.54, 1.807) is 0 Å². The lowest BCUT2D eigenvalue weighted by atomic mass is 10.1. The van der Waals surface area contributed by atoms with E-state index in [9.17, 15) is 4.79 Å². The van der Waals surface area contributed by atoms with Gasteiger partial charge < -0.3 is 20.1 Å². The number of carbonyl (C=O) groups is 1. The zero-order chi connectivity index (χ0) is 20.9. The number of ether oxygens (including phenoxy) is 2. The van der Waals surface area contributed by atoms with Crippen LogP contribution in [0.15, 0.2) is 47.6 Å². The fourth-order valence-corrected chi connectivity index (χ4v) is 3.69. The van der Waals surface area contributed by atoms with Gasteiger partial charge in [0.2, 0.25) is 12.7 Å². The highest BCUT2D eigenvalue weighted by Crippen LogP contribution is 2.36. The molecule has 30 heavy (non-hydrogen) atoms. The maximum Gasteiger partial charge on any atom is 0.231 e. The average molecular weight is 425 g/mol. The molecular weight excluding hydrogens is 400 g/mol. The second kappa shape index (κ2) is 9.21. The number of aromatic nitrogens is 2. The van der Waals surface area contributed by atoms with Crippen LogP contribution < -0.4 is 20.1 Å². The number of hydrogen-bond donors (Lipinski definition) is 2. The summed E-state index contributed by atoms with van der Waals surface area (Å²) in [6, 6.07) is 13.5. The summed E-state index contributed by atoms with van der Waals surface area (Å²) in [7, 11) is 0. The number of anilines is 2. The molecule has 0 atom stereocenters. The van der Waals surface area contributed by atoms with Crippen molar-refractivity contribution in [1.82, 2.24) is 15.3 Å². The minimum Gasteiger partial charge on any atom is -0.454 e. The van der Waals surface area contributed by atoms with E-state index in [2.05, 4.69) is 34.4 Å². The minimum atomic E-state index is -0.0114. The Labute approximate surface area is 179 Å². The predicted molar refractivity (Wildman–Crippen MR) is 119 cm³/mol. The molecule has 0 unspecified atom stereocenters. The molecule has 2 heterocycles. The van der Waals surface area contributed by atoms with Gasteiger partial charge in [0.25, 0.3) is 0 Å². The van der Waals surface area contributed by atoms with E-state index in [1.165, 1.54) is 11.8 Å². The molecule has 8 heteroatoms. The Balaban J connectivity index is 1.50. The third-order valence-electron chi connectivity index (χ3n) is 4.59. The Bertz CT molecular complexity index is 1060. The number of nitrogens with zero attached hydrogens (tertiary/aromatic N) is 2. The van der Waals surface area contributed by atoms with Crippen molar-refractivity contribution in [2.24, 2.45) is 5.92 Å². The highest BCUT2D eigenvalue weighted by molar-refractivity contribution is 7.99. The van der Waals surface area contributed by atoms with Crippen molar-refractivity contribution < 1.29 is 14.3 Å². The van der Waals surface area contributed by atoms with Gasteiger partial charge in [-0.25, -0.2) is 9.97 Å². The lowest BCUT2D eigenvalue weighted by Gasteiger charge is -2.11. The van der Waals surface area contributed by atoms with Crippen molar-refractivity contribution in [3.05, 3.63) is 42.5 Å². The first-order chi connectivity index (χ1) is 14.6. The lowest BCUT2D eigenvalue weighted by molar-refractivity contribution is -0.118. The zero-order valence-corrected chi connectivity index (χ0v) is 17.8. The van der Waals surface area contributed by atoms with Gasteiger partial charge in [-0.15, -0.1) is 0 Å². The van der Waals surface area contributed by atoms with Gasteiger partial charge in [-0.1, -0.05) is 37.7 Å². The second-order valence-corrected chi connectivity index (χ2v) is 8.33. The highest BCUT2D eigenvalue weighted by atomic mass is 32.2. The van der Waals surface area contributed by atoms with Crippen LogP contribution in [-0.2, 0) is 4.79 Å². The predicted octanol–water partition coefficient (Wildman–Crippen LogP) is 4.36. The summed E-state index contributed by atoms with van der Waals surface area (Å²) in [6.07, 6.45) is 0.965. The molecule has 7 nitrogen and oxygen atoms in total. The molecule has 1 aliphatic heterocycles. The smallest absolute Gasteiger partial charge is 0.231 e.